The normalized spacial score (nSPS) is 10.1. The van der Waals surface area contributed by atoms with Crippen molar-refractivity contribution in [3.63, 3.8) is 0 Å². The van der Waals surface area contributed by atoms with Crippen molar-refractivity contribution < 1.29 is 14.6 Å². The lowest BCUT2D eigenvalue weighted by molar-refractivity contribution is 0.0693. The van der Waals surface area contributed by atoms with Crippen molar-refractivity contribution in [2.24, 2.45) is 0 Å². The molecule has 0 amide bonds. The Balaban J connectivity index is 2.31. The second kappa shape index (κ2) is 8.19. The molecule has 0 atom stereocenters. The van der Waals surface area contributed by atoms with E-state index < -0.39 is 5.97 Å². The molecular weight excluding hydrogens is 387 g/mol. The Morgan fingerprint density at radius 1 is 1.20 bits per heavy atom. The van der Waals surface area contributed by atoms with Crippen LogP contribution in [-0.4, -0.2) is 35.3 Å². The molecule has 0 bridgehead atoms. The highest BCUT2D eigenvalue weighted by Gasteiger charge is 2.16. The van der Waals surface area contributed by atoms with Gasteiger partial charge in [-0.15, -0.1) is 0 Å². The lowest BCUT2D eigenvalue weighted by atomic mass is 10.1. The third-order valence-electron chi connectivity index (χ3n) is 3.18. The zero-order valence-corrected chi connectivity index (χ0v) is 15.5. The molecule has 4 N–H and O–H groups in total. The Bertz CT molecular complexity index is 812. The maximum atomic E-state index is 11.4. The molecule has 0 aliphatic heterocycles. The summed E-state index contributed by atoms with van der Waals surface area (Å²) in [5, 5.41) is 18.8. The molecule has 0 unspecified atom stereocenters. The van der Waals surface area contributed by atoms with Crippen LogP contribution in [0.4, 0.5) is 17.1 Å². The number of benzene rings is 1. The van der Waals surface area contributed by atoms with E-state index in [-0.39, 0.29) is 16.4 Å². The van der Waals surface area contributed by atoms with E-state index in [1.807, 2.05) is 0 Å². The number of carbonyl (C=O) groups is 1. The standard InChI is InChI=1S/C15H14Cl2N4O3S/c1-18-10-4-12(24-2)7(14(22)23)3-11(10)20-15(25)21-13-8(16)5-19-6-9(13)17/h3-6,18H,1-2H3,(H,22,23)(H2,19,20,21,25). The fraction of sp³-hybridized carbons (Fsp3) is 0.133. The van der Waals surface area contributed by atoms with Crippen LogP contribution in [0.5, 0.6) is 5.75 Å². The summed E-state index contributed by atoms with van der Waals surface area (Å²) in [4.78, 5) is 15.2. The Morgan fingerprint density at radius 2 is 1.84 bits per heavy atom. The van der Waals surface area contributed by atoms with E-state index in [0.29, 0.717) is 27.1 Å². The molecule has 7 nitrogen and oxygen atoms in total. The van der Waals surface area contributed by atoms with Crippen LogP contribution in [0.1, 0.15) is 10.4 Å². The molecule has 10 heteroatoms. The summed E-state index contributed by atoms with van der Waals surface area (Å²) in [5.74, 6) is -0.900. The molecule has 25 heavy (non-hydrogen) atoms. The van der Waals surface area contributed by atoms with E-state index in [2.05, 4.69) is 20.9 Å². The van der Waals surface area contributed by atoms with Crippen molar-refractivity contribution in [2.45, 2.75) is 0 Å². The van der Waals surface area contributed by atoms with E-state index in [4.69, 9.17) is 40.2 Å². The maximum Gasteiger partial charge on any atom is 0.339 e. The number of carboxylic acids is 1. The van der Waals surface area contributed by atoms with Crippen molar-refractivity contribution in [1.29, 1.82) is 0 Å². The molecule has 132 valence electrons. The summed E-state index contributed by atoms with van der Waals surface area (Å²) in [6, 6.07) is 2.97. The number of rotatable bonds is 5. The third kappa shape index (κ3) is 4.41. The van der Waals surface area contributed by atoms with Gasteiger partial charge < -0.3 is 25.8 Å². The van der Waals surface area contributed by atoms with Crippen LogP contribution < -0.4 is 20.7 Å². The van der Waals surface area contributed by atoms with Crippen LogP contribution in [0, 0.1) is 0 Å². The van der Waals surface area contributed by atoms with E-state index >= 15 is 0 Å². The molecular formula is C15H14Cl2N4O3S. The average molecular weight is 401 g/mol. The van der Waals surface area contributed by atoms with E-state index in [1.54, 1.807) is 13.1 Å². The van der Waals surface area contributed by atoms with Gasteiger partial charge in [0.15, 0.2) is 5.11 Å². The number of ether oxygens (including phenoxy) is 1. The van der Waals surface area contributed by atoms with Gasteiger partial charge in [0, 0.05) is 25.5 Å². The zero-order valence-electron chi connectivity index (χ0n) is 13.2. The molecule has 0 saturated heterocycles. The number of methoxy groups -OCH3 is 1. The van der Waals surface area contributed by atoms with Crippen molar-refractivity contribution >= 4 is 63.6 Å². The van der Waals surface area contributed by atoms with E-state index in [0.717, 1.165) is 0 Å². The molecule has 0 saturated carbocycles. The van der Waals surface area contributed by atoms with Gasteiger partial charge in [-0.3, -0.25) is 4.98 Å². The highest BCUT2D eigenvalue weighted by atomic mass is 35.5. The lowest BCUT2D eigenvalue weighted by Crippen LogP contribution is -2.20. The first-order valence-corrected chi connectivity index (χ1v) is 8.03. The van der Waals surface area contributed by atoms with Gasteiger partial charge in [0.2, 0.25) is 0 Å². The maximum absolute atomic E-state index is 11.4. The molecule has 0 fully saturated rings. The smallest absolute Gasteiger partial charge is 0.339 e. The molecule has 1 aromatic carbocycles. The van der Waals surface area contributed by atoms with Crippen LogP contribution in [0.3, 0.4) is 0 Å². The van der Waals surface area contributed by atoms with Gasteiger partial charge in [-0.1, -0.05) is 23.2 Å². The number of thiocarbonyl (C=S) groups is 1. The number of halogens is 2. The van der Waals surface area contributed by atoms with Crippen molar-refractivity contribution in [3.05, 3.63) is 40.1 Å². The largest absolute Gasteiger partial charge is 0.496 e. The van der Waals surface area contributed by atoms with Crippen molar-refractivity contribution in [1.82, 2.24) is 4.98 Å². The van der Waals surface area contributed by atoms with Gasteiger partial charge in [-0.25, -0.2) is 4.79 Å². The summed E-state index contributed by atoms with van der Waals surface area (Å²) >= 11 is 17.3. The van der Waals surface area contributed by atoms with Crippen molar-refractivity contribution in [3.8, 4) is 5.75 Å². The predicted octanol–water partition coefficient (Wildman–Crippen LogP) is 3.95. The first-order valence-electron chi connectivity index (χ1n) is 6.87. The van der Waals surface area contributed by atoms with Gasteiger partial charge in [-0.2, -0.15) is 0 Å². The van der Waals surface area contributed by atoms with Crippen LogP contribution in [-0.2, 0) is 0 Å². The van der Waals surface area contributed by atoms with Crippen LogP contribution in [0.15, 0.2) is 24.5 Å². The zero-order chi connectivity index (χ0) is 18.6. The molecule has 1 aromatic heterocycles. The molecule has 0 aliphatic carbocycles. The highest BCUT2D eigenvalue weighted by molar-refractivity contribution is 7.80. The SMILES string of the molecule is CNc1cc(OC)c(C(=O)O)cc1NC(=S)Nc1c(Cl)cncc1Cl. The summed E-state index contributed by atoms with van der Waals surface area (Å²) < 4.78 is 5.10. The number of hydrogen-bond donors (Lipinski definition) is 4. The minimum Gasteiger partial charge on any atom is -0.496 e. The minimum atomic E-state index is -1.12. The fourth-order valence-corrected chi connectivity index (χ4v) is 2.70. The van der Waals surface area contributed by atoms with E-state index in [9.17, 15) is 9.90 Å². The van der Waals surface area contributed by atoms with Crippen LogP contribution in [0.2, 0.25) is 10.0 Å². The number of nitrogens with one attached hydrogen (secondary N) is 3. The van der Waals surface area contributed by atoms with Gasteiger partial charge in [0.1, 0.15) is 11.3 Å². The first kappa shape index (κ1) is 19.0. The predicted molar refractivity (Wildman–Crippen MR) is 104 cm³/mol. The van der Waals surface area contributed by atoms with Gasteiger partial charge in [0.05, 0.1) is 34.2 Å². The Hall–Kier alpha value is -2.29. The molecule has 0 spiro atoms. The third-order valence-corrected chi connectivity index (χ3v) is 3.96. The molecule has 1 heterocycles. The summed E-state index contributed by atoms with van der Waals surface area (Å²) in [5.41, 5.74) is 1.43. The summed E-state index contributed by atoms with van der Waals surface area (Å²) in [7, 11) is 3.08. The number of hydrogen-bond acceptors (Lipinski definition) is 5. The van der Waals surface area contributed by atoms with Crippen LogP contribution in [0.25, 0.3) is 0 Å². The number of anilines is 3. The number of pyridine rings is 1. The number of carboxylic acid groups (broad SMARTS) is 1. The second-order valence-corrected chi connectivity index (χ2v) is 5.93. The highest BCUT2D eigenvalue weighted by Crippen LogP contribution is 2.32. The first-order chi connectivity index (χ1) is 11.9. The molecule has 0 radical (unpaired) electrons. The Kier molecular flexibility index (Phi) is 6.24. The monoisotopic (exact) mass is 400 g/mol. The minimum absolute atomic E-state index is 0.00761. The molecule has 2 rings (SSSR count). The Morgan fingerprint density at radius 3 is 2.36 bits per heavy atom. The van der Waals surface area contributed by atoms with Gasteiger partial charge >= 0.3 is 5.97 Å². The lowest BCUT2D eigenvalue weighted by Gasteiger charge is -2.17. The summed E-state index contributed by atoms with van der Waals surface area (Å²) in [6.45, 7) is 0. The number of aromatic carboxylic acids is 1. The average Bonchev–Trinajstić information content (AvgIpc) is 2.57. The molecule has 0 aliphatic rings. The van der Waals surface area contributed by atoms with E-state index in [1.165, 1.54) is 25.6 Å². The fourth-order valence-electron chi connectivity index (χ4n) is 2.02. The topological polar surface area (TPSA) is 95.5 Å². The Labute approximate surface area is 159 Å². The van der Waals surface area contributed by atoms with Gasteiger partial charge in [-0.05, 0) is 18.3 Å². The van der Waals surface area contributed by atoms with Crippen LogP contribution >= 0.6 is 35.4 Å². The van der Waals surface area contributed by atoms with Crippen molar-refractivity contribution in [2.75, 3.05) is 30.1 Å². The van der Waals surface area contributed by atoms with Gasteiger partial charge in [0.25, 0.3) is 0 Å². The molecule has 2 aromatic rings. The number of nitrogens with zero attached hydrogens (tertiary/aromatic N) is 1. The quantitative estimate of drug-likeness (QED) is 0.560. The summed E-state index contributed by atoms with van der Waals surface area (Å²) in [6.07, 6.45) is 2.85. The second-order valence-electron chi connectivity index (χ2n) is 4.71. The number of aromatic nitrogens is 1.